The molecule has 0 radical (unpaired) electrons. The Morgan fingerprint density at radius 2 is 2.09 bits per heavy atom. The van der Waals surface area contributed by atoms with Crippen LogP contribution in [0, 0.1) is 18.3 Å². The Morgan fingerprint density at radius 3 is 2.87 bits per heavy atom. The van der Waals surface area contributed by atoms with Crippen molar-refractivity contribution in [2.24, 2.45) is 0 Å². The first-order valence-corrected chi connectivity index (χ1v) is 7.52. The number of aromatic nitrogens is 3. The van der Waals surface area contributed by atoms with Crippen molar-refractivity contribution in [1.29, 1.82) is 5.26 Å². The van der Waals surface area contributed by atoms with Crippen LogP contribution in [0.2, 0.25) is 0 Å². The molecule has 2 aromatic heterocycles. The molecule has 7 heteroatoms. The number of hydrogen-bond acceptors (Lipinski definition) is 6. The lowest BCUT2D eigenvalue weighted by molar-refractivity contribution is 0.102. The molecule has 0 fully saturated rings. The molecule has 3 rings (SSSR count). The Balaban J connectivity index is 1.85. The maximum atomic E-state index is 12.2. The Hall–Kier alpha value is -3.11. The molecule has 112 valence electrons. The number of amides is 1. The molecule has 0 atom stereocenters. The number of carbonyl (C=O) groups excluding carboxylic acids is 1. The van der Waals surface area contributed by atoms with Gasteiger partial charge in [-0.25, -0.2) is 0 Å². The molecule has 0 aliphatic rings. The molecular formula is C16H11N5OS. The van der Waals surface area contributed by atoms with E-state index in [9.17, 15) is 4.79 Å². The molecular weight excluding hydrogens is 310 g/mol. The standard InChI is InChI=1S/C16H11N5OS/c1-10-12(7-4-8-18-10)15(22)20-16-19-14(21-23-16)13-6-3-2-5-11(13)9-17/h2-8H,1H3,(H,19,20,21,22). The lowest BCUT2D eigenvalue weighted by atomic mass is 10.1. The molecule has 1 N–H and O–H groups in total. The summed E-state index contributed by atoms with van der Waals surface area (Å²) in [5.41, 5.74) is 2.27. The van der Waals surface area contributed by atoms with Crippen LogP contribution in [-0.2, 0) is 0 Å². The van der Waals surface area contributed by atoms with Crippen LogP contribution >= 0.6 is 11.5 Å². The summed E-state index contributed by atoms with van der Waals surface area (Å²) in [6.07, 6.45) is 1.63. The summed E-state index contributed by atoms with van der Waals surface area (Å²) in [6.45, 7) is 1.77. The van der Waals surface area contributed by atoms with E-state index in [1.807, 2.05) is 6.07 Å². The van der Waals surface area contributed by atoms with Crippen molar-refractivity contribution in [3.05, 3.63) is 59.4 Å². The van der Waals surface area contributed by atoms with Crippen LogP contribution < -0.4 is 5.32 Å². The van der Waals surface area contributed by atoms with Gasteiger partial charge in [-0.05, 0) is 31.2 Å². The van der Waals surface area contributed by atoms with Gasteiger partial charge in [0.05, 0.1) is 17.2 Å². The van der Waals surface area contributed by atoms with Gasteiger partial charge in [0.15, 0.2) is 5.82 Å². The molecule has 1 aromatic carbocycles. The lowest BCUT2D eigenvalue weighted by Gasteiger charge is -2.03. The van der Waals surface area contributed by atoms with Crippen molar-refractivity contribution >= 4 is 22.6 Å². The van der Waals surface area contributed by atoms with Gasteiger partial charge in [0.1, 0.15) is 0 Å². The van der Waals surface area contributed by atoms with E-state index in [1.165, 1.54) is 0 Å². The van der Waals surface area contributed by atoms with E-state index in [2.05, 4.69) is 25.7 Å². The average molecular weight is 321 g/mol. The largest absolute Gasteiger partial charge is 0.297 e. The first-order valence-electron chi connectivity index (χ1n) is 6.75. The molecule has 0 aliphatic heterocycles. The van der Waals surface area contributed by atoms with Gasteiger partial charge in [-0.1, -0.05) is 12.1 Å². The molecule has 0 saturated carbocycles. The predicted octanol–water partition coefficient (Wildman–Crippen LogP) is 3.03. The van der Waals surface area contributed by atoms with Crippen LogP contribution in [0.25, 0.3) is 11.4 Å². The average Bonchev–Trinajstić information content (AvgIpc) is 3.03. The molecule has 2 heterocycles. The minimum atomic E-state index is -0.285. The van der Waals surface area contributed by atoms with Crippen LogP contribution in [0.4, 0.5) is 5.13 Å². The zero-order valence-electron chi connectivity index (χ0n) is 12.1. The van der Waals surface area contributed by atoms with Crippen molar-refractivity contribution in [2.75, 3.05) is 5.32 Å². The fourth-order valence-corrected chi connectivity index (χ4v) is 2.63. The van der Waals surface area contributed by atoms with Gasteiger partial charge in [0.2, 0.25) is 5.13 Å². The summed E-state index contributed by atoms with van der Waals surface area (Å²) in [6, 6.07) is 12.6. The molecule has 6 nitrogen and oxygen atoms in total. The van der Waals surface area contributed by atoms with E-state index in [1.54, 1.807) is 43.5 Å². The van der Waals surface area contributed by atoms with Gasteiger partial charge in [0, 0.05) is 29.0 Å². The van der Waals surface area contributed by atoms with Gasteiger partial charge < -0.3 is 0 Å². The molecule has 0 bridgehead atoms. The summed E-state index contributed by atoms with van der Waals surface area (Å²) in [5, 5.41) is 12.2. The number of hydrogen-bond donors (Lipinski definition) is 1. The first kappa shape index (κ1) is 14.8. The Labute approximate surface area is 136 Å². The zero-order valence-corrected chi connectivity index (χ0v) is 13.0. The van der Waals surface area contributed by atoms with E-state index < -0.39 is 0 Å². The summed E-state index contributed by atoms with van der Waals surface area (Å²) >= 11 is 1.07. The van der Waals surface area contributed by atoms with E-state index in [0.29, 0.717) is 33.3 Å². The number of rotatable bonds is 3. The molecule has 0 spiro atoms. The minimum absolute atomic E-state index is 0.285. The highest BCUT2D eigenvalue weighted by atomic mass is 32.1. The normalized spacial score (nSPS) is 10.1. The smallest absolute Gasteiger partial charge is 0.259 e. The lowest BCUT2D eigenvalue weighted by Crippen LogP contribution is -2.13. The minimum Gasteiger partial charge on any atom is -0.297 e. The van der Waals surface area contributed by atoms with Crippen molar-refractivity contribution in [2.45, 2.75) is 6.92 Å². The quantitative estimate of drug-likeness (QED) is 0.800. The molecule has 1 amide bonds. The maximum Gasteiger partial charge on any atom is 0.259 e. The summed E-state index contributed by atoms with van der Waals surface area (Å²) in [7, 11) is 0. The van der Waals surface area contributed by atoms with Crippen molar-refractivity contribution in [3.8, 4) is 17.5 Å². The Bertz CT molecular complexity index is 913. The second-order valence-corrected chi connectivity index (χ2v) is 5.42. The topological polar surface area (TPSA) is 91.6 Å². The van der Waals surface area contributed by atoms with E-state index >= 15 is 0 Å². The van der Waals surface area contributed by atoms with Crippen molar-refractivity contribution in [3.63, 3.8) is 0 Å². The second-order valence-electron chi connectivity index (χ2n) is 4.67. The van der Waals surface area contributed by atoms with E-state index in [4.69, 9.17) is 5.26 Å². The van der Waals surface area contributed by atoms with Crippen LogP contribution in [-0.4, -0.2) is 20.2 Å². The Morgan fingerprint density at radius 1 is 1.26 bits per heavy atom. The highest BCUT2D eigenvalue weighted by Crippen LogP contribution is 2.24. The fraction of sp³-hybridized carbons (Fsp3) is 0.0625. The number of nitrogens with one attached hydrogen (secondary N) is 1. The summed E-state index contributed by atoms with van der Waals surface area (Å²) in [5.74, 6) is 0.136. The van der Waals surface area contributed by atoms with Crippen molar-refractivity contribution in [1.82, 2.24) is 14.3 Å². The maximum absolute atomic E-state index is 12.2. The van der Waals surface area contributed by atoms with Gasteiger partial charge in [-0.15, -0.1) is 0 Å². The molecule has 3 aromatic rings. The number of anilines is 1. The fourth-order valence-electron chi connectivity index (χ4n) is 2.05. The number of nitrogens with zero attached hydrogens (tertiary/aromatic N) is 4. The van der Waals surface area contributed by atoms with Gasteiger partial charge >= 0.3 is 0 Å². The predicted molar refractivity (Wildman–Crippen MR) is 87.0 cm³/mol. The van der Waals surface area contributed by atoms with Crippen LogP contribution in [0.1, 0.15) is 21.6 Å². The van der Waals surface area contributed by atoms with Gasteiger partial charge in [-0.2, -0.15) is 14.6 Å². The molecule has 23 heavy (non-hydrogen) atoms. The summed E-state index contributed by atoms with van der Waals surface area (Å²) < 4.78 is 4.21. The number of benzene rings is 1. The third-order valence-corrected chi connectivity index (χ3v) is 3.82. The summed E-state index contributed by atoms with van der Waals surface area (Å²) in [4.78, 5) is 20.6. The van der Waals surface area contributed by atoms with Crippen molar-refractivity contribution < 1.29 is 4.79 Å². The highest BCUT2D eigenvalue weighted by molar-refractivity contribution is 7.10. The first-order chi connectivity index (χ1) is 11.2. The Kier molecular flexibility index (Phi) is 4.08. The number of carbonyl (C=O) groups is 1. The third-order valence-electron chi connectivity index (χ3n) is 3.19. The molecule has 0 unspecified atom stereocenters. The molecule has 0 aliphatic carbocycles. The zero-order chi connectivity index (χ0) is 16.2. The monoisotopic (exact) mass is 321 g/mol. The number of aryl methyl sites for hydroxylation is 1. The third kappa shape index (κ3) is 3.07. The molecule has 0 saturated heterocycles. The van der Waals surface area contributed by atoms with Gasteiger partial charge in [-0.3, -0.25) is 15.1 Å². The van der Waals surface area contributed by atoms with E-state index in [-0.39, 0.29) is 5.91 Å². The second kappa shape index (κ2) is 6.34. The van der Waals surface area contributed by atoms with Crippen LogP contribution in [0.3, 0.4) is 0 Å². The number of pyridine rings is 1. The van der Waals surface area contributed by atoms with Crippen LogP contribution in [0.5, 0.6) is 0 Å². The van der Waals surface area contributed by atoms with Crippen LogP contribution in [0.15, 0.2) is 42.6 Å². The SMILES string of the molecule is Cc1ncccc1C(=O)Nc1nc(-c2ccccc2C#N)ns1. The van der Waals surface area contributed by atoms with Gasteiger partial charge in [0.25, 0.3) is 5.91 Å². The van der Waals surface area contributed by atoms with E-state index in [0.717, 1.165) is 11.5 Å². The highest BCUT2D eigenvalue weighted by Gasteiger charge is 2.14. The number of nitriles is 1.